The van der Waals surface area contributed by atoms with Crippen molar-refractivity contribution in [1.29, 1.82) is 0 Å². The van der Waals surface area contributed by atoms with E-state index >= 15 is 0 Å². The van der Waals surface area contributed by atoms with Crippen molar-refractivity contribution in [1.82, 2.24) is 4.90 Å². The van der Waals surface area contributed by atoms with E-state index in [-0.39, 0.29) is 6.10 Å². The second kappa shape index (κ2) is 6.45. The number of hydrogen-bond donors (Lipinski definition) is 1. The van der Waals surface area contributed by atoms with E-state index in [0.29, 0.717) is 6.54 Å². The molecule has 1 atom stereocenters. The van der Waals surface area contributed by atoms with Crippen LogP contribution in [0.15, 0.2) is 24.3 Å². The molecule has 2 nitrogen and oxygen atoms in total. The van der Waals surface area contributed by atoms with Gasteiger partial charge in [-0.3, -0.25) is 0 Å². The van der Waals surface area contributed by atoms with Crippen LogP contribution in [0, 0.1) is 3.57 Å². The van der Waals surface area contributed by atoms with Crippen LogP contribution in [0.4, 0.5) is 0 Å². The van der Waals surface area contributed by atoms with Gasteiger partial charge in [-0.05, 0) is 53.4 Å². The molecule has 3 heteroatoms. The van der Waals surface area contributed by atoms with Gasteiger partial charge < -0.3 is 10.0 Å². The lowest BCUT2D eigenvalue weighted by atomic mass is 10.1. The standard InChI is InChI=1S/C12H18INO/c1-3-14(4-2)9-12(15)10-5-7-11(13)8-6-10/h5-8,12,15H,3-4,9H2,1-2H3/t12-/m0/s1. The molecule has 0 spiro atoms. The topological polar surface area (TPSA) is 23.5 Å². The van der Waals surface area contributed by atoms with Gasteiger partial charge in [-0.25, -0.2) is 0 Å². The third kappa shape index (κ3) is 4.09. The maximum Gasteiger partial charge on any atom is 0.0916 e. The smallest absolute Gasteiger partial charge is 0.0916 e. The van der Waals surface area contributed by atoms with Crippen LogP contribution >= 0.6 is 22.6 Å². The van der Waals surface area contributed by atoms with Crippen molar-refractivity contribution in [3.63, 3.8) is 0 Å². The molecule has 0 unspecified atom stereocenters. The van der Waals surface area contributed by atoms with E-state index in [1.54, 1.807) is 0 Å². The predicted octanol–water partition coefficient (Wildman–Crippen LogP) is 2.67. The number of benzene rings is 1. The molecule has 0 heterocycles. The molecular formula is C12H18INO. The van der Waals surface area contributed by atoms with Gasteiger partial charge in [0.1, 0.15) is 0 Å². The highest BCUT2D eigenvalue weighted by Gasteiger charge is 2.10. The summed E-state index contributed by atoms with van der Waals surface area (Å²) in [6.45, 7) is 6.91. The Hall–Kier alpha value is -0.130. The predicted molar refractivity (Wildman–Crippen MR) is 71.9 cm³/mol. The SMILES string of the molecule is CCN(CC)C[C@H](O)c1ccc(I)cc1. The molecule has 1 rings (SSSR count). The molecule has 1 aromatic carbocycles. The normalized spacial score (nSPS) is 13.1. The summed E-state index contributed by atoms with van der Waals surface area (Å²) in [6, 6.07) is 8.05. The highest BCUT2D eigenvalue weighted by molar-refractivity contribution is 14.1. The van der Waals surface area contributed by atoms with Gasteiger partial charge >= 0.3 is 0 Å². The lowest BCUT2D eigenvalue weighted by Gasteiger charge is -2.22. The summed E-state index contributed by atoms with van der Waals surface area (Å²) >= 11 is 2.27. The van der Waals surface area contributed by atoms with E-state index < -0.39 is 0 Å². The zero-order valence-electron chi connectivity index (χ0n) is 9.28. The van der Waals surface area contributed by atoms with Gasteiger partial charge in [-0.1, -0.05) is 26.0 Å². The van der Waals surface area contributed by atoms with Crippen molar-refractivity contribution < 1.29 is 5.11 Å². The lowest BCUT2D eigenvalue weighted by molar-refractivity contribution is 0.119. The molecule has 0 radical (unpaired) electrons. The maximum atomic E-state index is 10.00. The molecule has 0 saturated heterocycles. The van der Waals surface area contributed by atoms with Crippen molar-refractivity contribution in [2.75, 3.05) is 19.6 Å². The molecular weight excluding hydrogens is 301 g/mol. The first-order valence-corrected chi connectivity index (χ1v) is 6.41. The Labute approximate surface area is 105 Å². The Morgan fingerprint density at radius 3 is 2.20 bits per heavy atom. The summed E-state index contributed by atoms with van der Waals surface area (Å²) in [7, 11) is 0. The molecule has 84 valence electrons. The minimum atomic E-state index is -0.373. The fraction of sp³-hybridized carbons (Fsp3) is 0.500. The van der Waals surface area contributed by atoms with Gasteiger partial charge in [0.05, 0.1) is 6.10 Å². The number of aliphatic hydroxyl groups is 1. The molecule has 0 aliphatic carbocycles. The number of nitrogens with zero attached hydrogens (tertiary/aromatic N) is 1. The van der Waals surface area contributed by atoms with Crippen molar-refractivity contribution in [3.05, 3.63) is 33.4 Å². The van der Waals surface area contributed by atoms with Gasteiger partial charge in [-0.15, -0.1) is 0 Å². The third-order valence-electron chi connectivity index (χ3n) is 2.58. The number of halogens is 1. The minimum absolute atomic E-state index is 0.373. The summed E-state index contributed by atoms with van der Waals surface area (Å²) in [5.41, 5.74) is 1.00. The average molecular weight is 319 g/mol. The molecule has 0 bridgehead atoms. The molecule has 0 aliphatic heterocycles. The fourth-order valence-corrected chi connectivity index (χ4v) is 1.88. The molecule has 0 fully saturated rings. The summed E-state index contributed by atoms with van der Waals surface area (Å²) in [6.07, 6.45) is -0.373. The Morgan fingerprint density at radius 1 is 1.20 bits per heavy atom. The van der Waals surface area contributed by atoms with Crippen molar-refractivity contribution >= 4 is 22.6 Å². The summed E-state index contributed by atoms with van der Waals surface area (Å²) < 4.78 is 1.20. The van der Waals surface area contributed by atoms with Crippen LogP contribution in [0.5, 0.6) is 0 Å². The van der Waals surface area contributed by atoms with Gasteiger partial charge in [0.25, 0.3) is 0 Å². The Morgan fingerprint density at radius 2 is 1.73 bits per heavy atom. The Kier molecular flexibility index (Phi) is 5.56. The van der Waals surface area contributed by atoms with Crippen LogP contribution in [0.25, 0.3) is 0 Å². The molecule has 0 aromatic heterocycles. The van der Waals surface area contributed by atoms with Crippen molar-refractivity contribution in [2.24, 2.45) is 0 Å². The Bertz CT molecular complexity index is 282. The van der Waals surface area contributed by atoms with E-state index in [9.17, 15) is 5.11 Å². The number of aliphatic hydroxyl groups excluding tert-OH is 1. The van der Waals surface area contributed by atoms with E-state index in [4.69, 9.17) is 0 Å². The van der Waals surface area contributed by atoms with Crippen LogP contribution in [0.1, 0.15) is 25.5 Å². The van der Waals surface area contributed by atoms with Gasteiger partial charge in [0.15, 0.2) is 0 Å². The molecule has 0 saturated carbocycles. The maximum absolute atomic E-state index is 10.00. The molecule has 1 N–H and O–H groups in total. The highest BCUT2D eigenvalue weighted by Crippen LogP contribution is 2.15. The van der Waals surface area contributed by atoms with Crippen molar-refractivity contribution in [3.8, 4) is 0 Å². The van der Waals surface area contributed by atoms with Gasteiger partial charge in [0.2, 0.25) is 0 Å². The van der Waals surface area contributed by atoms with Crippen LogP contribution in [0.3, 0.4) is 0 Å². The molecule has 0 amide bonds. The first-order chi connectivity index (χ1) is 7.17. The van der Waals surface area contributed by atoms with Crippen LogP contribution in [0.2, 0.25) is 0 Å². The van der Waals surface area contributed by atoms with Crippen LogP contribution < -0.4 is 0 Å². The van der Waals surface area contributed by atoms with Gasteiger partial charge in [-0.2, -0.15) is 0 Å². The Balaban J connectivity index is 2.60. The second-order valence-electron chi connectivity index (χ2n) is 3.55. The average Bonchev–Trinajstić information content (AvgIpc) is 2.26. The first kappa shape index (κ1) is 12.9. The zero-order chi connectivity index (χ0) is 11.3. The first-order valence-electron chi connectivity index (χ1n) is 5.33. The third-order valence-corrected chi connectivity index (χ3v) is 3.30. The van der Waals surface area contributed by atoms with E-state index in [2.05, 4.69) is 41.3 Å². The second-order valence-corrected chi connectivity index (χ2v) is 4.80. The van der Waals surface area contributed by atoms with E-state index in [0.717, 1.165) is 18.7 Å². The number of hydrogen-bond acceptors (Lipinski definition) is 2. The quantitative estimate of drug-likeness (QED) is 0.844. The summed E-state index contributed by atoms with van der Waals surface area (Å²) in [5.74, 6) is 0. The van der Waals surface area contributed by atoms with E-state index in [1.165, 1.54) is 3.57 Å². The largest absolute Gasteiger partial charge is 0.387 e. The van der Waals surface area contributed by atoms with Crippen molar-refractivity contribution in [2.45, 2.75) is 20.0 Å². The highest BCUT2D eigenvalue weighted by atomic mass is 127. The van der Waals surface area contributed by atoms with Crippen LogP contribution in [-0.4, -0.2) is 29.6 Å². The monoisotopic (exact) mass is 319 g/mol. The minimum Gasteiger partial charge on any atom is -0.387 e. The lowest BCUT2D eigenvalue weighted by Crippen LogP contribution is -2.28. The zero-order valence-corrected chi connectivity index (χ0v) is 11.4. The molecule has 1 aromatic rings. The van der Waals surface area contributed by atoms with Gasteiger partial charge in [0, 0.05) is 10.1 Å². The number of rotatable bonds is 5. The fourth-order valence-electron chi connectivity index (χ4n) is 1.52. The molecule has 0 aliphatic rings. The van der Waals surface area contributed by atoms with Crippen LogP contribution in [-0.2, 0) is 0 Å². The molecule has 15 heavy (non-hydrogen) atoms. The summed E-state index contributed by atoms with van der Waals surface area (Å²) in [4.78, 5) is 2.22. The number of likely N-dealkylation sites (N-methyl/N-ethyl adjacent to an activating group) is 1. The summed E-state index contributed by atoms with van der Waals surface area (Å²) in [5, 5.41) is 10.00. The van der Waals surface area contributed by atoms with E-state index in [1.807, 2.05) is 24.3 Å².